The molecule has 1 aromatic rings. The Bertz CT molecular complexity index is 713. The second-order valence-corrected chi connectivity index (χ2v) is 9.99. The Balaban J connectivity index is 0.000000624. The van der Waals surface area contributed by atoms with Crippen LogP contribution in [0.4, 0.5) is 4.79 Å². The molecule has 0 unspecified atom stereocenters. The summed E-state index contributed by atoms with van der Waals surface area (Å²) in [6.45, 7) is 20.2. The fourth-order valence-electron chi connectivity index (χ4n) is 3.60. The summed E-state index contributed by atoms with van der Waals surface area (Å²) in [4.78, 5) is 13.7. The van der Waals surface area contributed by atoms with Crippen LogP contribution in [0, 0.1) is 6.10 Å². The van der Waals surface area contributed by atoms with Crippen molar-refractivity contribution in [2.75, 3.05) is 0 Å². The van der Waals surface area contributed by atoms with Gasteiger partial charge in [0.05, 0.1) is 11.2 Å². The molecule has 1 heterocycles. The second kappa shape index (κ2) is 14.9. The largest absolute Gasteiger partial charge is 1.00 e. The van der Waals surface area contributed by atoms with Crippen LogP contribution in [-0.4, -0.2) is 41.4 Å². The minimum Gasteiger partial charge on any atom is -0.508 e. The van der Waals surface area contributed by atoms with Crippen LogP contribution in [0.5, 0.6) is 0 Å². The number of nitrogens with zero attached hydrogens (tertiary/aromatic N) is 1. The van der Waals surface area contributed by atoms with E-state index in [9.17, 15) is 4.79 Å². The summed E-state index contributed by atoms with van der Waals surface area (Å²) in [7, 11) is -0.0831. The molecule has 0 spiro atoms. The van der Waals surface area contributed by atoms with Crippen molar-refractivity contribution in [3.8, 4) is 0 Å². The minimum atomic E-state index is -0.264. The predicted molar refractivity (Wildman–Crippen MR) is 138 cm³/mol. The van der Waals surface area contributed by atoms with Crippen LogP contribution in [0.2, 0.25) is 6.32 Å². The van der Waals surface area contributed by atoms with Crippen LogP contribution >= 0.6 is 0 Å². The summed E-state index contributed by atoms with van der Waals surface area (Å²) in [6, 6.07) is 10.8. The van der Waals surface area contributed by atoms with Gasteiger partial charge in [-0.25, -0.2) is 10.9 Å². The number of allylic oxidation sites excluding steroid dienone is 1. The average molecular weight is 465 g/mol. The molecule has 34 heavy (non-hydrogen) atoms. The van der Waals surface area contributed by atoms with Gasteiger partial charge in [0, 0.05) is 12.1 Å². The van der Waals surface area contributed by atoms with Gasteiger partial charge in [0.2, 0.25) is 0 Å². The van der Waals surface area contributed by atoms with E-state index in [4.69, 9.17) is 14.0 Å². The molecular formula is C27H45BLiNO4. The Morgan fingerprint density at radius 3 is 1.97 bits per heavy atom. The topological polar surface area (TPSA) is 48.0 Å². The van der Waals surface area contributed by atoms with E-state index in [-0.39, 0.29) is 55.4 Å². The van der Waals surface area contributed by atoms with Crippen LogP contribution in [0.15, 0.2) is 42.5 Å². The van der Waals surface area contributed by atoms with E-state index in [1.807, 2.05) is 59.8 Å². The zero-order valence-corrected chi connectivity index (χ0v) is 23.5. The van der Waals surface area contributed by atoms with Crippen LogP contribution in [0.25, 0.3) is 0 Å². The first-order valence-corrected chi connectivity index (χ1v) is 12.2. The normalized spacial score (nSPS) is 16.2. The molecule has 5 nitrogen and oxygen atoms in total. The van der Waals surface area contributed by atoms with Crippen LogP contribution in [-0.2, 0) is 20.5 Å². The monoisotopic (exact) mass is 465 g/mol. The summed E-state index contributed by atoms with van der Waals surface area (Å²) in [6.07, 6.45) is 6.78. The van der Waals surface area contributed by atoms with Crippen LogP contribution in [0.3, 0.4) is 0 Å². The summed E-state index contributed by atoms with van der Waals surface area (Å²) in [5.74, 6) is 0. The van der Waals surface area contributed by atoms with Crippen LogP contribution in [0.1, 0.15) is 81.2 Å². The third-order valence-corrected chi connectivity index (χ3v) is 6.06. The van der Waals surface area contributed by atoms with E-state index in [1.165, 1.54) is 5.56 Å². The Labute approximate surface area is 221 Å². The third-order valence-electron chi connectivity index (χ3n) is 6.06. The Kier molecular flexibility index (Phi) is 14.4. The minimum absolute atomic E-state index is 0. The maximum atomic E-state index is 11.9. The van der Waals surface area contributed by atoms with Gasteiger partial charge in [-0.2, -0.15) is 6.08 Å². The maximum Gasteiger partial charge on any atom is 1.00 e. The molecule has 1 aromatic carbocycles. The fourth-order valence-corrected chi connectivity index (χ4v) is 3.60. The van der Waals surface area contributed by atoms with Crippen molar-refractivity contribution in [1.82, 2.24) is 4.90 Å². The average Bonchev–Trinajstić information content (AvgIpc) is 2.93. The summed E-state index contributed by atoms with van der Waals surface area (Å²) in [5.41, 5.74) is 0.908. The molecule has 1 amide bonds. The van der Waals surface area contributed by atoms with Gasteiger partial charge in [0.25, 0.3) is 0 Å². The standard InChI is InChI=1S/C14H21BO2.C13H24NO2.Li/c1-13(2)14(3,4)17-15(16-13)11-10-12-8-6-5-7-9-12;1-7-9-12(8-2)16-13(15)14(10(3)4)11(5)6;/h5-9H,10-11H2,1-4H3;7,9-11H,8H2,1-6H3;/q;-1;+1/b;9-7+;. The quantitative estimate of drug-likeness (QED) is 0.429. The van der Waals surface area contributed by atoms with Crippen molar-refractivity contribution < 1.29 is 37.7 Å². The van der Waals surface area contributed by atoms with Gasteiger partial charge in [0.15, 0.2) is 0 Å². The maximum absolute atomic E-state index is 11.9. The van der Waals surface area contributed by atoms with E-state index >= 15 is 0 Å². The Morgan fingerprint density at radius 2 is 1.56 bits per heavy atom. The molecule has 2 rings (SSSR count). The Hall–Kier alpha value is -1.32. The smallest absolute Gasteiger partial charge is 0.508 e. The predicted octanol–water partition coefficient (Wildman–Crippen LogP) is 4.09. The SMILES string of the molecule is C/C=C/[C-](CC)OC(=O)N(C(C)C)C(C)C.CC1(C)OB(CCc2ccccc2)OC1(C)C.[Li+]. The number of hydrogen-bond acceptors (Lipinski definition) is 4. The molecule has 1 fully saturated rings. The first-order chi connectivity index (χ1) is 15.3. The van der Waals surface area contributed by atoms with Crippen molar-refractivity contribution in [2.45, 2.75) is 112 Å². The summed E-state index contributed by atoms with van der Waals surface area (Å²) in [5, 5.41) is 0. The van der Waals surface area contributed by atoms with E-state index in [0.717, 1.165) is 19.2 Å². The summed E-state index contributed by atoms with van der Waals surface area (Å²) >= 11 is 0. The molecule has 0 radical (unpaired) electrons. The van der Waals surface area contributed by atoms with E-state index in [2.05, 4.69) is 52.0 Å². The van der Waals surface area contributed by atoms with Crippen LogP contribution < -0.4 is 18.9 Å². The summed E-state index contributed by atoms with van der Waals surface area (Å²) < 4.78 is 17.3. The molecular weight excluding hydrogens is 420 g/mol. The second-order valence-electron chi connectivity index (χ2n) is 9.99. The molecule has 0 bridgehead atoms. The molecule has 1 aliphatic rings. The molecule has 186 valence electrons. The van der Waals surface area contributed by atoms with Gasteiger partial charge in [0.1, 0.15) is 0 Å². The molecule has 0 saturated carbocycles. The fraction of sp³-hybridized carbons (Fsp3) is 0.630. The molecule has 7 heteroatoms. The number of ether oxygens (including phenoxy) is 1. The van der Waals surface area contributed by atoms with Crippen molar-refractivity contribution in [2.24, 2.45) is 0 Å². The first kappa shape index (κ1) is 32.7. The number of carbonyl (C=O) groups is 1. The zero-order valence-electron chi connectivity index (χ0n) is 23.5. The molecule has 0 aliphatic carbocycles. The number of rotatable bonds is 8. The van der Waals surface area contributed by atoms with Gasteiger partial charge < -0.3 is 18.9 Å². The Morgan fingerprint density at radius 1 is 1.06 bits per heavy atom. The molecule has 1 aliphatic heterocycles. The molecule has 0 N–H and O–H groups in total. The number of aryl methyl sites for hydroxylation is 1. The zero-order chi connectivity index (χ0) is 25.2. The van der Waals surface area contributed by atoms with E-state index in [0.29, 0.717) is 6.10 Å². The van der Waals surface area contributed by atoms with Crippen molar-refractivity contribution in [3.63, 3.8) is 0 Å². The van der Waals surface area contributed by atoms with Gasteiger partial charge in [-0.1, -0.05) is 43.7 Å². The number of hydrogen-bond donors (Lipinski definition) is 0. The van der Waals surface area contributed by atoms with Crippen molar-refractivity contribution >= 4 is 13.2 Å². The third kappa shape index (κ3) is 10.1. The van der Waals surface area contributed by atoms with Gasteiger partial charge >= 0.3 is 32.1 Å². The van der Waals surface area contributed by atoms with E-state index in [1.54, 1.807) is 4.90 Å². The number of benzene rings is 1. The molecule has 0 atom stereocenters. The van der Waals surface area contributed by atoms with Crippen molar-refractivity contribution in [3.05, 3.63) is 54.2 Å². The number of amides is 1. The van der Waals surface area contributed by atoms with Crippen molar-refractivity contribution in [1.29, 1.82) is 0 Å². The van der Waals surface area contributed by atoms with E-state index < -0.39 is 0 Å². The van der Waals surface area contributed by atoms with Gasteiger partial charge in [-0.3, -0.25) is 0 Å². The molecule has 1 saturated heterocycles. The first-order valence-electron chi connectivity index (χ1n) is 12.2. The number of carbonyl (C=O) groups excluding carboxylic acids is 1. The van der Waals surface area contributed by atoms with Gasteiger partial charge in [-0.15, -0.1) is 6.92 Å². The molecule has 0 aromatic heterocycles. The van der Waals surface area contributed by atoms with Gasteiger partial charge in [-0.05, 0) is 79.8 Å².